The van der Waals surface area contributed by atoms with Gasteiger partial charge in [0.05, 0.1) is 27.8 Å². The molecular weight excluding hydrogens is 476 g/mol. The molecule has 0 spiro atoms. The zero-order valence-corrected chi connectivity index (χ0v) is 23.1. The molecule has 6 nitrogen and oxygen atoms in total. The van der Waals surface area contributed by atoms with E-state index in [-0.39, 0.29) is 18.3 Å². The van der Waals surface area contributed by atoms with Crippen molar-refractivity contribution in [3.8, 4) is 17.2 Å². The van der Waals surface area contributed by atoms with E-state index in [9.17, 15) is 4.79 Å². The molecule has 0 saturated carbocycles. The molecule has 0 aromatic heterocycles. The van der Waals surface area contributed by atoms with Gasteiger partial charge in [0.25, 0.3) is 0 Å². The third kappa shape index (κ3) is 5.25. The van der Waals surface area contributed by atoms with Crippen LogP contribution in [0.4, 0.5) is 0 Å². The maximum absolute atomic E-state index is 13.3. The van der Waals surface area contributed by atoms with E-state index < -0.39 is 0 Å². The highest BCUT2D eigenvalue weighted by atomic mass is 35.5. The van der Waals surface area contributed by atoms with Gasteiger partial charge in [0.2, 0.25) is 11.7 Å². The molecule has 1 heterocycles. The molecule has 36 heavy (non-hydrogen) atoms. The number of likely N-dealkylation sites (N-methyl/N-ethyl adjacent to an activating group) is 1. The van der Waals surface area contributed by atoms with Crippen LogP contribution < -0.4 is 14.2 Å². The lowest BCUT2D eigenvalue weighted by Crippen LogP contribution is -2.34. The number of hydrogen-bond acceptors (Lipinski definition) is 5. The van der Waals surface area contributed by atoms with E-state index in [0.717, 1.165) is 52.9 Å². The Bertz CT molecular complexity index is 1180. The monoisotopic (exact) mass is 512 g/mol. The summed E-state index contributed by atoms with van der Waals surface area (Å²) in [6.07, 6.45) is 3.58. The summed E-state index contributed by atoms with van der Waals surface area (Å²) in [6.45, 7) is 5.84. The van der Waals surface area contributed by atoms with E-state index in [1.165, 1.54) is 5.56 Å². The first-order chi connectivity index (χ1) is 16.8. The highest BCUT2D eigenvalue weighted by Gasteiger charge is 2.31. The van der Waals surface area contributed by atoms with Crippen LogP contribution in [0.5, 0.6) is 17.2 Å². The number of rotatable bonds is 7. The topological polar surface area (TPSA) is 51.2 Å². The number of halogens is 1. The van der Waals surface area contributed by atoms with Gasteiger partial charge in [-0.1, -0.05) is 23.8 Å². The van der Waals surface area contributed by atoms with Gasteiger partial charge in [0.1, 0.15) is 0 Å². The standard InChI is InChI=1S/C29H36N2O4.ClH/c1-18-8-9-22-23(13-20-14-26(33-5)29(35-7)27(15-20)34-6)19(2)24(25(22)12-18)16-28(32)31-11-10-21(17-31)30(3)4;/h8-9,12-15,21H,10-11,16-17H2,1-7H3;1H. The van der Waals surface area contributed by atoms with Gasteiger partial charge >= 0.3 is 0 Å². The summed E-state index contributed by atoms with van der Waals surface area (Å²) in [5.41, 5.74) is 7.79. The molecule has 4 rings (SSSR count). The maximum Gasteiger partial charge on any atom is 0.227 e. The van der Waals surface area contributed by atoms with Crippen LogP contribution >= 0.6 is 12.4 Å². The fourth-order valence-corrected chi connectivity index (χ4v) is 5.13. The quantitative estimate of drug-likeness (QED) is 0.502. The molecule has 1 unspecified atom stereocenters. The molecule has 1 saturated heterocycles. The lowest BCUT2D eigenvalue weighted by molar-refractivity contribution is -0.129. The molecule has 1 amide bonds. The van der Waals surface area contributed by atoms with Crippen LogP contribution in [0.3, 0.4) is 0 Å². The van der Waals surface area contributed by atoms with Gasteiger partial charge in [-0.2, -0.15) is 0 Å². The predicted octanol–water partition coefficient (Wildman–Crippen LogP) is 5.32. The lowest BCUT2D eigenvalue weighted by Gasteiger charge is -2.21. The van der Waals surface area contributed by atoms with Crippen LogP contribution in [0, 0.1) is 6.92 Å². The zero-order valence-electron chi connectivity index (χ0n) is 22.3. The molecule has 2 aliphatic rings. The van der Waals surface area contributed by atoms with Crippen molar-refractivity contribution in [2.45, 2.75) is 32.7 Å². The molecule has 0 N–H and O–H groups in total. The Morgan fingerprint density at radius 1 is 1.03 bits per heavy atom. The Labute approximate surface area is 220 Å². The Morgan fingerprint density at radius 2 is 1.69 bits per heavy atom. The van der Waals surface area contributed by atoms with Crippen LogP contribution in [-0.2, 0) is 4.79 Å². The van der Waals surface area contributed by atoms with Crippen molar-refractivity contribution in [3.63, 3.8) is 0 Å². The number of carbonyl (C=O) groups is 1. The smallest absolute Gasteiger partial charge is 0.227 e. The number of allylic oxidation sites excluding steroid dienone is 2. The fraction of sp³-hybridized carbons (Fsp3) is 0.414. The van der Waals surface area contributed by atoms with Gasteiger partial charge in [0.15, 0.2) is 11.5 Å². The van der Waals surface area contributed by atoms with Gasteiger partial charge in [-0.15, -0.1) is 12.4 Å². The second-order valence-electron chi connectivity index (χ2n) is 9.59. The largest absolute Gasteiger partial charge is 0.493 e. The number of ether oxygens (including phenoxy) is 3. The number of methoxy groups -OCH3 is 3. The molecule has 2 aromatic carbocycles. The average Bonchev–Trinajstić information content (AvgIpc) is 3.43. The number of fused-ring (bicyclic) bond motifs is 1. The minimum Gasteiger partial charge on any atom is -0.493 e. The summed E-state index contributed by atoms with van der Waals surface area (Å²) < 4.78 is 16.6. The van der Waals surface area contributed by atoms with E-state index in [4.69, 9.17) is 14.2 Å². The first-order valence-electron chi connectivity index (χ1n) is 12.0. The van der Waals surface area contributed by atoms with Gasteiger partial charge in [-0.25, -0.2) is 0 Å². The van der Waals surface area contributed by atoms with Crippen molar-refractivity contribution in [3.05, 3.63) is 58.2 Å². The van der Waals surface area contributed by atoms with Crippen LogP contribution in [0.1, 0.15) is 42.0 Å². The van der Waals surface area contributed by atoms with Crippen LogP contribution in [0.15, 0.2) is 35.9 Å². The van der Waals surface area contributed by atoms with E-state index in [1.807, 2.05) is 17.0 Å². The third-order valence-corrected chi connectivity index (χ3v) is 7.22. The number of carbonyl (C=O) groups excluding carboxylic acids is 1. The summed E-state index contributed by atoms with van der Waals surface area (Å²) in [6, 6.07) is 10.8. The Hall–Kier alpha value is -2.96. The molecule has 1 aliphatic heterocycles. The lowest BCUT2D eigenvalue weighted by atomic mass is 9.98. The summed E-state index contributed by atoms with van der Waals surface area (Å²) in [7, 11) is 9.01. The van der Waals surface area contributed by atoms with Crippen molar-refractivity contribution >= 4 is 35.5 Å². The van der Waals surface area contributed by atoms with Crippen molar-refractivity contribution in [2.24, 2.45) is 0 Å². The molecule has 1 atom stereocenters. The van der Waals surface area contributed by atoms with Crippen molar-refractivity contribution in [2.75, 3.05) is 48.5 Å². The zero-order chi connectivity index (χ0) is 25.3. The number of amides is 1. The SMILES string of the molecule is COc1cc(C=C2C(C)=C(CC(=O)N3CCC(N(C)C)C3)c3cc(C)ccc32)cc(OC)c1OC.Cl. The normalized spacial score (nSPS) is 17.9. The number of likely N-dealkylation sites (tertiary alicyclic amines) is 1. The van der Waals surface area contributed by atoms with Crippen LogP contribution in [-0.4, -0.2) is 70.3 Å². The predicted molar refractivity (Wildman–Crippen MR) is 148 cm³/mol. The summed E-state index contributed by atoms with van der Waals surface area (Å²) in [5.74, 6) is 2.00. The van der Waals surface area contributed by atoms with Gasteiger partial charge < -0.3 is 24.0 Å². The van der Waals surface area contributed by atoms with Gasteiger partial charge in [0, 0.05) is 19.1 Å². The molecule has 0 bridgehead atoms. The minimum atomic E-state index is 0. The first kappa shape index (κ1) is 27.6. The van der Waals surface area contributed by atoms with E-state index in [2.05, 4.69) is 57.1 Å². The van der Waals surface area contributed by atoms with Crippen molar-refractivity contribution < 1.29 is 19.0 Å². The number of aryl methyl sites for hydroxylation is 1. The highest BCUT2D eigenvalue weighted by molar-refractivity contribution is 6.08. The molecule has 194 valence electrons. The summed E-state index contributed by atoms with van der Waals surface area (Å²) >= 11 is 0. The highest BCUT2D eigenvalue weighted by Crippen LogP contribution is 2.45. The second kappa shape index (κ2) is 11.4. The van der Waals surface area contributed by atoms with E-state index in [0.29, 0.717) is 29.7 Å². The van der Waals surface area contributed by atoms with Gasteiger partial charge in [-0.05, 0) is 86.0 Å². The maximum atomic E-state index is 13.3. The molecule has 2 aromatic rings. The van der Waals surface area contributed by atoms with Crippen LogP contribution in [0.2, 0.25) is 0 Å². The minimum absolute atomic E-state index is 0. The summed E-state index contributed by atoms with van der Waals surface area (Å²) in [5, 5.41) is 0. The van der Waals surface area contributed by atoms with Gasteiger partial charge in [-0.3, -0.25) is 4.79 Å². The number of nitrogens with zero attached hydrogens (tertiary/aromatic N) is 2. The Balaban J connectivity index is 0.00000361. The number of benzene rings is 2. The second-order valence-corrected chi connectivity index (χ2v) is 9.59. The third-order valence-electron chi connectivity index (χ3n) is 7.22. The van der Waals surface area contributed by atoms with Crippen LogP contribution in [0.25, 0.3) is 17.2 Å². The summed E-state index contributed by atoms with van der Waals surface area (Å²) in [4.78, 5) is 17.5. The number of hydrogen-bond donors (Lipinski definition) is 0. The fourth-order valence-electron chi connectivity index (χ4n) is 5.13. The molecule has 0 radical (unpaired) electrons. The average molecular weight is 513 g/mol. The van der Waals surface area contributed by atoms with E-state index in [1.54, 1.807) is 21.3 Å². The van der Waals surface area contributed by atoms with E-state index >= 15 is 0 Å². The Morgan fingerprint density at radius 3 is 2.25 bits per heavy atom. The molecular formula is C29H37ClN2O4. The molecule has 1 fully saturated rings. The van der Waals surface area contributed by atoms with Crippen molar-refractivity contribution in [1.82, 2.24) is 9.80 Å². The first-order valence-corrected chi connectivity index (χ1v) is 12.0. The Kier molecular flexibility index (Phi) is 8.75. The van der Waals surface area contributed by atoms with Crippen molar-refractivity contribution in [1.29, 1.82) is 0 Å². The molecule has 7 heteroatoms. The molecule has 1 aliphatic carbocycles.